The van der Waals surface area contributed by atoms with Gasteiger partial charge in [-0.2, -0.15) is 13.2 Å². The molecule has 0 spiro atoms. The fourth-order valence-electron chi connectivity index (χ4n) is 2.27. The third-order valence-corrected chi connectivity index (χ3v) is 3.13. The highest BCUT2D eigenvalue weighted by Crippen LogP contribution is 2.38. The number of benzene rings is 1. The van der Waals surface area contributed by atoms with Crippen molar-refractivity contribution in [2.75, 3.05) is 0 Å². The predicted octanol–water partition coefficient (Wildman–Crippen LogP) is 4.84. The van der Waals surface area contributed by atoms with E-state index in [1.165, 1.54) is 12.1 Å². The van der Waals surface area contributed by atoms with Gasteiger partial charge in [0.2, 0.25) is 0 Å². The van der Waals surface area contributed by atoms with Gasteiger partial charge in [-0.15, -0.1) is 0 Å². The van der Waals surface area contributed by atoms with Gasteiger partial charge in [-0.25, -0.2) is 0 Å². The normalized spacial score (nSPS) is 14.7. The summed E-state index contributed by atoms with van der Waals surface area (Å²) in [6.07, 6.45) is 1.16. The van der Waals surface area contributed by atoms with Crippen LogP contribution in [-0.2, 0) is 12.6 Å². The molecule has 0 aromatic heterocycles. The van der Waals surface area contributed by atoms with Gasteiger partial charge in [-0.1, -0.05) is 37.1 Å². The highest BCUT2D eigenvalue weighted by Gasteiger charge is 2.34. The summed E-state index contributed by atoms with van der Waals surface area (Å²) in [5.74, 6) is 0. The molecule has 0 nitrogen and oxygen atoms in total. The summed E-state index contributed by atoms with van der Waals surface area (Å²) in [4.78, 5) is 0. The Hall–Kier alpha value is -1.25. The first-order valence-electron chi connectivity index (χ1n) is 5.91. The van der Waals surface area contributed by atoms with Crippen molar-refractivity contribution >= 4 is 6.08 Å². The molecule has 0 unspecified atom stereocenters. The largest absolute Gasteiger partial charge is 0.416 e. The Morgan fingerprint density at radius 3 is 2.65 bits per heavy atom. The standard InChI is InChI=1S/C14H15F3/c1-2-3-5-10-8-11-6-4-7-13(12(11)9-10)14(15,16)17/h4,6-8H,2-3,5,9H2,1H3. The van der Waals surface area contributed by atoms with E-state index in [1.54, 1.807) is 6.07 Å². The number of unbranched alkanes of at least 4 members (excludes halogenated alkanes) is 1. The van der Waals surface area contributed by atoms with E-state index < -0.39 is 11.7 Å². The zero-order valence-corrected chi connectivity index (χ0v) is 9.77. The van der Waals surface area contributed by atoms with E-state index in [2.05, 4.69) is 6.92 Å². The van der Waals surface area contributed by atoms with Crippen LogP contribution in [0.5, 0.6) is 0 Å². The van der Waals surface area contributed by atoms with Crippen LogP contribution in [0.15, 0.2) is 23.8 Å². The second-order valence-corrected chi connectivity index (χ2v) is 4.45. The van der Waals surface area contributed by atoms with E-state index >= 15 is 0 Å². The SMILES string of the molecule is CCCCC1=Cc2cccc(C(F)(F)F)c2C1. The second kappa shape index (κ2) is 4.55. The van der Waals surface area contributed by atoms with Gasteiger partial charge in [0, 0.05) is 0 Å². The number of fused-ring (bicyclic) bond motifs is 1. The number of hydrogen-bond acceptors (Lipinski definition) is 0. The molecule has 1 aliphatic rings. The van der Waals surface area contributed by atoms with Crippen LogP contribution in [0.3, 0.4) is 0 Å². The lowest BCUT2D eigenvalue weighted by atomic mass is 10.0. The molecule has 0 heterocycles. The number of allylic oxidation sites excluding steroid dienone is 1. The average Bonchev–Trinajstić information content (AvgIpc) is 2.66. The summed E-state index contributed by atoms with van der Waals surface area (Å²) in [5.41, 5.74) is 1.84. The van der Waals surface area contributed by atoms with Gasteiger partial charge in [0.25, 0.3) is 0 Å². The lowest BCUT2D eigenvalue weighted by Crippen LogP contribution is -2.09. The maximum Gasteiger partial charge on any atom is 0.416 e. The average molecular weight is 240 g/mol. The van der Waals surface area contributed by atoms with Gasteiger partial charge in [0.05, 0.1) is 5.56 Å². The number of halogens is 3. The van der Waals surface area contributed by atoms with Crippen molar-refractivity contribution in [2.24, 2.45) is 0 Å². The fraction of sp³-hybridized carbons (Fsp3) is 0.429. The number of rotatable bonds is 3. The van der Waals surface area contributed by atoms with Gasteiger partial charge in [-0.3, -0.25) is 0 Å². The zero-order valence-electron chi connectivity index (χ0n) is 9.77. The van der Waals surface area contributed by atoms with Crippen molar-refractivity contribution in [3.8, 4) is 0 Å². The minimum atomic E-state index is -4.24. The Balaban J connectivity index is 2.26. The van der Waals surface area contributed by atoms with Crippen LogP contribution >= 0.6 is 0 Å². The van der Waals surface area contributed by atoms with E-state index in [4.69, 9.17) is 0 Å². The van der Waals surface area contributed by atoms with Gasteiger partial charge in [-0.05, 0) is 36.5 Å². The van der Waals surface area contributed by atoms with E-state index in [0.717, 1.165) is 30.4 Å². The molecule has 0 aliphatic heterocycles. The summed E-state index contributed by atoms with van der Waals surface area (Å²) in [7, 11) is 0. The Kier molecular flexibility index (Phi) is 3.27. The van der Waals surface area contributed by atoms with Gasteiger partial charge in [0.15, 0.2) is 0 Å². The highest BCUT2D eigenvalue weighted by atomic mass is 19.4. The molecule has 0 bridgehead atoms. The summed E-state index contributed by atoms with van der Waals surface area (Å²) in [6, 6.07) is 4.43. The monoisotopic (exact) mass is 240 g/mol. The molecule has 0 fully saturated rings. The topological polar surface area (TPSA) is 0 Å². The van der Waals surface area contributed by atoms with Crippen molar-refractivity contribution in [1.29, 1.82) is 0 Å². The lowest BCUT2D eigenvalue weighted by molar-refractivity contribution is -0.138. The van der Waals surface area contributed by atoms with Crippen molar-refractivity contribution in [3.63, 3.8) is 0 Å². The van der Waals surface area contributed by atoms with Gasteiger partial charge in [0.1, 0.15) is 0 Å². The Labute approximate surface area is 99.2 Å². The molecule has 3 heteroatoms. The third-order valence-electron chi connectivity index (χ3n) is 3.13. The lowest BCUT2D eigenvalue weighted by Gasteiger charge is -2.11. The van der Waals surface area contributed by atoms with Crippen molar-refractivity contribution < 1.29 is 13.2 Å². The first kappa shape index (κ1) is 12.2. The molecule has 1 aliphatic carbocycles. The molecule has 0 saturated heterocycles. The molecule has 0 atom stereocenters. The second-order valence-electron chi connectivity index (χ2n) is 4.45. The van der Waals surface area contributed by atoms with Crippen LogP contribution in [0.25, 0.3) is 6.08 Å². The van der Waals surface area contributed by atoms with Crippen LogP contribution in [0.2, 0.25) is 0 Å². The van der Waals surface area contributed by atoms with Crippen molar-refractivity contribution in [2.45, 2.75) is 38.8 Å². The van der Waals surface area contributed by atoms with Crippen molar-refractivity contribution in [3.05, 3.63) is 40.5 Å². The van der Waals surface area contributed by atoms with Crippen LogP contribution in [0, 0.1) is 0 Å². The smallest absolute Gasteiger partial charge is 0.166 e. The van der Waals surface area contributed by atoms with Gasteiger partial charge >= 0.3 is 6.18 Å². The molecule has 0 saturated carbocycles. The first-order chi connectivity index (χ1) is 8.02. The minimum absolute atomic E-state index is 0.450. The molecular formula is C14H15F3. The van der Waals surface area contributed by atoms with Crippen LogP contribution < -0.4 is 0 Å². The molecule has 2 rings (SSSR count). The van der Waals surface area contributed by atoms with Crippen LogP contribution in [0.4, 0.5) is 13.2 Å². The molecular weight excluding hydrogens is 225 g/mol. The Morgan fingerprint density at radius 1 is 1.24 bits per heavy atom. The first-order valence-corrected chi connectivity index (χ1v) is 5.91. The van der Waals surface area contributed by atoms with E-state index in [-0.39, 0.29) is 0 Å². The molecule has 17 heavy (non-hydrogen) atoms. The zero-order chi connectivity index (χ0) is 12.5. The summed E-state index contributed by atoms with van der Waals surface area (Å²) < 4.78 is 38.4. The maximum atomic E-state index is 12.8. The molecule has 1 aromatic rings. The molecule has 0 radical (unpaired) electrons. The predicted molar refractivity (Wildman–Crippen MR) is 62.7 cm³/mol. The van der Waals surface area contributed by atoms with E-state index in [9.17, 15) is 13.2 Å². The van der Waals surface area contributed by atoms with Crippen LogP contribution in [-0.4, -0.2) is 0 Å². The maximum absolute atomic E-state index is 12.8. The minimum Gasteiger partial charge on any atom is -0.166 e. The third kappa shape index (κ3) is 2.54. The number of alkyl halides is 3. The summed E-state index contributed by atoms with van der Waals surface area (Å²) in [5, 5.41) is 0. The van der Waals surface area contributed by atoms with E-state index in [1.807, 2.05) is 6.08 Å². The fourth-order valence-corrected chi connectivity index (χ4v) is 2.27. The Bertz CT molecular complexity index is 441. The Morgan fingerprint density at radius 2 is 2.00 bits per heavy atom. The van der Waals surface area contributed by atoms with E-state index in [0.29, 0.717) is 12.0 Å². The van der Waals surface area contributed by atoms with Gasteiger partial charge < -0.3 is 0 Å². The number of hydrogen-bond donors (Lipinski definition) is 0. The molecule has 92 valence electrons. The van der Waals surface area contributed by atoms with Crippen LogP contribution in [0.1, 0.15) is 42.9 Å². The summed E-state index contributed by atoms with van der Waals surface area (Å²) >= 11 is 0. The highest BCUT2D eigenvalue weighted by molar-refractivity contribution is 5.65. The quantitative estimate of drug-likeness (QED) is 0.709. The van der Waals surface area contributed by atoms with Crippen molar-refractivity contribution in [1.82, 2.24) is 0 Å². The molecule has 0 amide bonds. The molecule has 0 N–H and O–H groups in total. The molecule has 1 aromatic carbocycles. The summed E-state index contributed by atoms with van der Waals surface area (Å²) in [6.45, 7) is 2.09.